The molecule has 0 unspecified atom stereocenters. The Morgan fingerprint density at radius 1 is 1.16 bits per heavy atom. The third kappa shape index (κ3) is 3.41. The van der Waals surface area contributed by atoms with Crippen LogP contribution in [0.5, 0.6) is 0 Å². The Hall–Kier alpha value is -3.06. The summed E-state index contributed by atoms with van der Waals surface area (Å²) in [6.45, 7) is 1.95. The maximum absolute atomic E-state index is 12.3. The van der Waals surface area contributed by atoms with Gasteiger partial charge in [0.1, 0.15) is 10.8 Å². The van der Waals surface area contributed by atoms with E-state index in [1.807, 2.05) is 49.4 Å². The summed E-state index contributed by atoms with van der Waals surface area (Å²) in [4.78, 5) is 20.1. The fourth-order valence-corrected chi connectivity index (χ4v) is 3.30. The van der Waals surface area contributed by atoms with Gasteiger partial charge in [-0.2, -0.15) is 0 Å². The number of nitrogens with zero attached hydrogens (tertiary/aromatic N) is 3. The van der Waals surface area contributed by atoms with Gasteiger partial charge in [0, 0.05) is 5.56 Å². The molecule has 4 aromatic rings. The van der Waals surface area contributed by atoms with Crippen molar-refractivity contribution in [3.63, 3.8) is 0 Å². The molecule has 0 saturated carbocycles. The molecule has 0 aliphatic heterocycles. The Morgan fingerprint density at radius 3 is 2.88 bits per heavy atom. The van der Waals surface area contributed by atoms with Crippen molar-refractivity contribution in [3.8, 4) is 0 Å². The lowest BCUT2D eigenvalue weighted by atomic mass is 10.1. The number of carbonyl (C=O) groups is 1. The predicted molar refractivity (Wildman–Crippen MR) is 97.9 cm³/mol. The summed E-state index contributed by atoms with van der Waals surface area (Å²) in [6.07, 6.45) is 0.548. The Morgan fingerprint density at radius 2 is 2.04 bits per heavy atom. The number of amides is 1. The molecule has 1 amide bonds. The number of benzene rings is 2. The van der Waals surface area contributed by atoms with Gasteiger partial charge in [0.05, 0.1) is 17.5 Å². The first-order valence-corrected chi connectivity index (χ1v) is 8.63. The van der Waals surface area contributed by atoms with Crippen molar-refractivity contribution in [3.05, 3.63) is 70.5 Å². The van der Waals surface area contributed by atoms with Crippen LogP contribution in [0.4, 0.5) is 5.13 Å². The zero-order valence-electron chi connectivity index (χ0n) is 13.5. The molecule has 2 heterocycles. The second-order valence-electron chi connectivity index (χ2n) is 5.70. The molecule has 0 fully saturated rings. The van der Waals surface area contributed by atoms with E-state index < -0.39 is 0 Å². The molecule has 4 rings (SSSR count). The van der Waals surface area contributed by atoms with E-state index in [2.05, 4.69) is 25.5 Å². The van der Waals surface area contributed by atoms with Crippen LogP contribution in [0, 0.1) is 6.92 Å². The second kappa shape index (κ2) is 6.45. The molecular formula is C18H15N5OS. The summed E-state index contributed by atoms with van der Waals surface area (Å²) in [5, 5.41) is 12.3. The highest BCUT2D eigenvalue weighted by atomic mass is 32.1. The molecule has 6 nitrogen and oxygen atoms in total. The normalized spacial score (nSPS) is 10.9. The maximum Gasteiger partial charge on any atom is 0.257 e. The molecular weight excluding hydrogens is 334 g/mol. The number of carbonyl (C=O) groups excluding carboxylic acids is 1. The van der Waals surface area contributed by atoms with E-state index in [0.717, 1.165) is 27.4 Å². The standard InChI is InChI=1S/C18H15N5OS/c1-11-5-4-6-12(9-11)17(24)21-18-23-22-16(25-18)10-15-19-13-7-2-3-8-14(13)20-15/h2-9H,10H2,1H3,(H,19,20)(H,21,23,24). The van der Waals surface area contributed by atoms with Crippen molar-refractivity contribution in [2.75, 3.05) is 5.32 Å². The van der Waals surface area contributed by atoms with Crippen LogP contribution in [-0.2, 0) is 6.42 Å². The largest absolute Gasteiger partial charge is 0.342 e. The van der Waals surface area contributed by atoms with Crippen LogP contribution in [0.3, 0.4) is 0 Å². The summed E-state index contributed by atoms with van der Waals surface area (Å²) in [6, 6.07) is 15.3. The van der Waals surface area contributed by atoms with E-state index in [1.54, 1.807) is 6.07 Å². The maximum atomic E-state index is 12.3. The monoisotopic (exact) mass is 349 g/mol. The molecule has 2 aromatic heterocycles. The number of H-pyrrole nitrogens is 1. The Kier molecular flexibility index (Phi) is 3.99. The molecule has 2 N–H and O–H groups in total. The van der Waals surface area contributed by atoms with Gasteiger partial charge in [-0.05, 0) is 31.2 Å². The highest BCUT2D eigenvalue weighted by Gasteiger charge is 2.12. The molecule has 0 saturated heterocycles. The Balaban J connectivity index is 1.47. The number of para-hydroxylation sites is 2. The number of hydrogen-bond acceptors (Lipinski definition) is 5. The van der Waals surface area contributed by atoms with E-state index in [4.69, 9.17) is 0 Å². The number of rotatable bonds is 4. The van der Waals surface area contributed by atoms with Crippen LogP contribution in [0.1, 0.15) is 26.8 Å². The van der Waals surface area contributed by atoms with Gasteiger partial charge in [0.2, 0.25) is 5.13 Å². The number of nitrogens with one attached hydrogen (secondary N) is 2. The zero-order chi connectivity index (χ0) is 17.2. The second-order valence-corrected chi connectivity index (χ2v) is 6.76. The molecule has 25 heavy (non-hydrogen) atoms. The minimum absolute atomic E-state index is 0.185. The van der Waals surface area contributed by atoms with Gasteiger partial charge in [-0.25, -0.2) is 4.98 Å². The number of aromatic nitrogens is 4. The summed E-state index contributed by atoms with van der Waals surface area (Å²) < 4.78 is 0. The van der Waals surface area contributed by atoms with Crippen LogP contribution in [0.2, 0.25) is 0 Å². The van der Waals surface area contributed by atoms with E-state index >= 15 is 0 Å². The zero-order valence-corrected chi connectivity index (χ0v) is 14.3. The lowest BCUT2D eigenvalue weighted by Gasteiger charge is -2.01. The van der Waals surface area contributed by atoms with Crippen molar-refractivity contribution in [1.29, 1.82) is 0 Å². The Labute approximate surface area is 148 Å². The van der Waals surface area contributed by atoms with Crippen LogP contribution < -0.4 is 5.32 Å². The average Bonchev–Trinajstić information content (AvgIpc) is 3.21. The summed E-state index contributed by atoms with van der Waals surface area (Å²) in [5.41, 5.74) is 3.56. The molecule has 0 spiro atoms. The highest BCUT2D eigenvalue weighted by molar-refractivity contribution is 7.15. The van der Waals surface area contributed by atoms with Crippen LogP contribution in [0.15, 0.2) is 48.5 Å². The molecule has 0 bridgehead atoms. The number of aromatic amines is 1. The number of fused-ring (bicyclic) bond motifs is 1. The first-order valence-electron chi connectivity index (χ1n) is 7.81. The van der Waals surface area contributed by atoms with Gasteiger partial charge < -0.3 is 4.98 Å². The topological polar surface area (TPSA) is 83.6 Å². The molecule has 0 radical (unpaired) electrons. The predicted octanol–water partition coefficient (Wildman–Crippen LogP) is 3.57. The van der Waals surface area contributed by atoms with Crippen molar-refractivity contribution < 1.29 is 4.79 Å². The van der Waals surface area contributed by atoms with Crippen molar-refractivity contribution in [1.82, 2.24) is 20.2 Å². The molecule has 7 heteroatoms. The quantitative estimate of drug-likeness (QED) is 0.590. The van der Waals surface area contributed by atoms with Gasteiger partial charge in [0.25, 0.3) is 5.91 Å². The lowest BCUT2D eigenvalue weighted by molar-refractivity contribution is 0.102. The first kappa shape index (κ1) is 15.5. The van der Waals surface area contributed by atoms with Gasteiger partial charge in [-0.1, -0.05) is 41.2 Å². The molecule has 0 aliphatic rings. The van der Waals surface area contributed by atoms with E-state index in [9.17, 15) is 4.79 Å². The number of hydrogen-bond donors (Lipinski definition) is 2. The first-order chi connectivity index (χ1) is 12.2. The van der Waals surface area contributed by atoms with Gasteiger partial charge in [0.15, 0.2) is 0 Å². The minimum atomic E-state index is -0.185. The van der Waals surface area contributed by atoms with E-state index in [-0.39, 0.29) is 5.91 Å². The summed E-state index contributed by atoms with van der Waals surface area (Å²) in [7, 11) is 0. The third-order valence-corrected chi connectivity index (χ3v) is 4.56. The van der Waals surface area contributed by atoms with Crippen LogP contribution in [-0.4, -0.2) is 26.1 Å². The van der Waals surface area contributed by atoms with Gasteiger partial charge in [-0.3, -0.25) is 10.1 Å². The SMILES string of the molecule is Cc1cccc(C(=O)Nc2nnc(Cc3nc4ccccc4[nH]3)s2)c1. The molecule has 0 atom stereocenters. The molecule has 124 valence electrons. The summed E-state index contributed by atoms with van der Waals surface area (Å²) in [5.74, 6) is 0.643. The third-order valence-electron chi connectivity index (χ3n) is 3.72. The number of aryl methyl sites for hydroxylation is 1. The van der Waals surface area contributed by atoms with Gasteiger partial charge >= 0.3 is 0 Å². The minimum Gasteiger partial charge on any atom is -0.342 e. The summed E-state index contributed by atoms with van der Waals surface area (Å²) >= 11 is 1.35. The fourth-order valence-electron chi connectivity index (χ4n) is 2.56. The average molecular weight is 349 g/mol. The van der Waals surface area contributed by atoms with Crippen molar-refractivity contribution in [2.45, 2.75) is 13.3 Å². The van der Waals surface area contributed by atoms with Crippen LogP contribution in [0.25, 0.3) is 11.0 Å². The lowest BCUT2D eigenvalue weighted by Crippen LogP contribution is -2.11. The molecule has 2 aromatic carbocycles. The highest BCUT2D eigenvalue weighted by Crippen LogP contribution is 2.20. The van der Waals surface area contributed by atoms with Crippen molar-refractivity contribution >= 4 is 33.4 Å². The van der Waals surface area contributed by atoms with Gasteiger partial charge in [-0.15, -0.1) is 10.2 Å². The molecule has 0 aliphatic carbocycles. The Bertz CT molecular complexity index is 1020. The van der Waals surface area contributed by atoms with Crippen LogP contribution >= 0.6 is 11.3 Å². The number of imidazole rings is 1. The van der Waals surface area contributed by atoms with E-state index in [0.29, 0.717) is 17.1 Å². The van der Waals surface area contributed by atoms with E-state index in [1.165, 1.54) is 11.3 Å². The fraction of sp³-hybridized carbons (Fsp3) is 0.111. The smallest absolute Gasteiger partial charge is 0.257 e. The number of anilines is 1. The van der Waals surface area contributed by atoms with Crippen molar-refractivity contribution in [2.24, 2.45) is 0 Å².